The Morgan fingerprint density at radius 2 is 1.67 bits per heavy atom. The third kappa shape index (κ3) is 1.99. The second-order valence-electron chi connectivity index (χ2n) is 4.42. The molecular weight excluding hydrogens is 150 g/mol. The zero-order chi connectivity index (χ0) is 8.39. The van der Waals surface area contributed by atoms with Crippen molar-refractivity contribution in [2.75, 3.05) is 33.4 Å². The minimum absolute atomic E-state index is 0.802. The number of rotatable bonds is 0. The predicted octanol–water partition coefficient (Wildman–Crippen LogP) is 1.36. The zero-order valence-electron chi connectivity index (χ0n) is 7.96. The quantitative estimate of drug-likeness (QED) is 0.543. The van der Waals surface area contributed by atoms with Crippen LogP contribution in [0.15, 0.2) is 0 Å². The van der Waals surface area contributed by atoms with Crippen LogP contribution in [0.4, 0.5) is 0 Å². The highest BCUT2D eigenvalue weighted by atomic mass is 16.5. The van der Waals surface area contributed by atoms with E-state index in [1.807, 2.05) is 0 Å². The second kappa shape index (κ2) is 3.75. The summed E-state index contributed by atoms with van der Waals surface area (Å²) in [5, 5.41) is 0. The van der Waals surface area contributed by atoms with Crippen molar-refractivity contribution in [3.05, 3.63) is 0 Å². The summed E-state index contributed by atoms with van der Waals surface area (Å²) in [6, 6.07) is 0. The van der Waals surface area contributed by atoms with E-state index in [9.17, 15) is 0 Å². The van der Waals surface area contributed by atoms with E-state index in [-0.39, 0.29) is 0 Å². The molecule has 0 amide bonds. The van der Waals surface area contributed by atoms with Crippen molar-refractivity contribution in [3.63, 3.8) is 0 Å². The van der Waals surface area contributed by atoms with E-state index in [0.717, 1.165) is 25.0 Å². The van der Waals surface area contributed by atoms with E-state index < -0.39 is 0 Å². The van der Waals surface area contributed by atoms with Crippen LogP contribution in [0.1, 0.15) is 19.3 Å². The topological polar surface area (TPSA) is 12.5 Å². The summed E-state index contributed by atoms with van der Waals surface area (Å²) in [4.78, 5) is 2.48. The Labute approximate surface area is 74.9 Å². The molecular formula is C10H19NO. The fourth-order valence-electron chi connectivity index (χ4n) is 2.51. The van der Waals surface area contributed by atoms with Crippen LogP contribution in [0, 0.1) is 11.8 Å². The molecule has 2 nitrogen and oxygen atoms in total. The van der Waals surface area contributed by atoms with Crippen molar-refractivity contribution >= 4 is 0 Å². The van der Waals surface area contributed by atoms with Gasteiger partial charge >= 0.3 is 0 Å². The summed E-state index contributed by atoms with van der Waals surface area (Å²) in [7, 11) is 2.25. The van der Waals surface area contributed by atoms with Gasteiger partial charge in [-0.05, 0) is 31.7 Å². The highest BCUT2D eigenvalue weighted by Gasteiger charge is 2.23. The van der Waals surface area contributed by atoms with Crippen molar-refractivity contribution in [1.82, 2.24) is 4.90 Å². The van der Waals surface area contributed by atoms with Crippen LogP contribution in [0.5, 0.6) is 0 Å². The Balaban J connectivity index is 2.01. The normalized spacial score (nSPS) is 38.8. The molecule has 0 aromatic carbocycles. The summed E-state index contributed by atoms with van der Waals surface area (Å²) in [6.07, 6.45) is 4.17. The molecule has 0 aromatic rings. The Kier molecular flexibility index (Phi) is 2.66. The zero-order valence-corrected chi connectivity index (χ0v) is 7.96. The fourth-order valence-corrected chi connectivity index (χ4v) is 2.51. The summed E-state index contributed by atoms with van der Waals surface area (Å²) in [6.45, 7) is 4.49. The molecule has 0 radical (unpaired) electrons. The van der Waals surface area contributed by atoms with E-state index in [2.05, 4.69) is 11.9 Å². The maximum Gasteiger partial charge on any atom is 0.0506 e. The lowest BCUT2D eigenvalue weighted by Crippen LogP contribution is -2.39. The Morgan fingerprint density at radius 3 is 2.25 bits per heavy atom. The lowest BCUT2D eigenvalue weighted by Gasteiger charge is -2.34. The molecule has 3 aliphatic rings. The predicted molar refractivity (Wildman–Crippen MR) is 49.1 cm³/mol. The van der Waals surface area contributed by atoms with Crippen LogP contribution in [0.25, 0.3) is 0 Å². The van der Waals surface area contributed by atoms with Crippen LogP contribution in [-0.4, -0.2) is 38.3 Å². The van der Waals surface area contributed by atoms with Gasteiger partial charge in [-0.1, -0.05) is 6.42 Å². The molecule has 3 rings (SSSR count). The van der Waals surface area contributed by atoms with Crippen LogP contribution >= 0.6 is 0 Å². The molecule has 2 atom stereocenters. The summed E-state index contributed by atoms with van der Waals surface area (Å²) in [5.74, 6) is 1.60. The van der Waals surface area contributed by atoms with Gasteiger partial charge in [0.2, 0.25) is 0 Å². The lowest BCUT2D eigenvalue weighted by atomic mass is 9.92. The minimum Gasteiger partial charge on any atom is -0.381 e. The van der Waals surface area contributed by atoms with Gasteiger partial charge in [0.05, 0.1) is 13.2 Å². The van der Waals surface area contributed by atoms with Crippen molar-refractivity contribution < 1.29 is 4.74 Å². The van der Waals surface area contributed by atoms with Gasteiger partial charge in [0.25, 0.3) is 0 Å². The second-order valence-corrected chi connectivity index (χ2v) is 4.42. The van der Waals surface area contributed by atoms with Crippen molar-refractivity contribution in [1.29, 1.82) is 0 Å². The van der Waals surface area contributed by atoms with E-state index in [1.165, 1.54) is 32.4 Å². The summed E-state index contributed by atoms with van der Waals surface area (Å²) < 4.78 is 5.66. The molecule has 0 aliphatic carbocycles. The van der Waals surface area contributed by atoms with Crippen LogP contribution in [0.3, 0.4) is 0 Å². The Bertz CT molecular complexity index is 125. The van der Waals surface area contributed by atoms with E-state index >= 15 is 0 Å². The van der Waals surface area contributed by atoms with Gasteiger partial charge in [0, 0.05) is 13.1 Å². The molecule has 0 spiro atoms. The number of ether oxygens (including phenoxy) is 1. The first-order valence-electron chi connectivity index (χ1n) is 5.11. The third-order valence-corrected chi connectivity index (χ3v) is 3.07. The minimum atomic E-state index is 0.802. The van der Waals surface area contributed by atoms with Gasteiger partial charge in [0.15, 0.2) is 0 Å². The SMILES string of the molecule is CN1CC2CCCC(COC2)C1. The number of hydrogen-bond donors (Lipinski definition) is 0. The van der Waals surface area contributed by atoms with Crippen LogP contribution in [-0.2, 0) is 4.74 Å². The molecule has 3 saturated heterocycles. The maximum absolute atomic E-state index is 5.66. The van der Waals surface area contributed by atoms with Gasteiger partial charge in [-0.25, -0.2) is 0 Å². The van der Waals surface area contributed by atoms with Crippen molar-refractivity contribution in [2.45, 2.75) is 19.3 Å². The first-order valence-corrected chi connectivity index (χ1v) is 5.11. The monoisotopic (exact) mass is 169 g/mol. The average molecular weight is 169 g/mol. The third-order valence-electron chi connectivity index (χ3n) is 3.07. The highest BCUT2D eigenvalue weighted by Crippen LogP contribution is 2.23. The van der Waals surface area contributed by atoms with Crippen molar-refractivity contribution in [2.24, 2.45) is 11.8 Å². The highest BCUT2D eigenvalue weighted by molar-refractivity contribution is 4.75. The molecule has 3 fully saturated rings. The van der Waals surface area contributed by atoms with E-state index in [4.69, 9.17) is 4.74 Å². The van der Waals surface area contributed by atoms with Crippen molar-refractivity contribution in [3.8, 4) is 0 Å². The number of nitrogens with zero attached hydrogens (tertiary/aromatic N) is 1. The Hall–Kier alpha value is -0.0800. The first-order chi connectivity index (χ1) is 5.84. The molecule has 2 heteroatoms. The molecule has 3 aliphatic heterocycles. The number of hydrogen-bond acceptors (Lipinski definition) is 2. The largest absolute Gasteiger partial charge is 0.381 e. The Morgan fingerprint density at radius 1 is 1.08 bits per heavy atom. The molecule has 12 heavy (non-hydrogen) atoms. The first kappa shape index (κ1) is 8.52. The standard InChI is InChI=1S/C10H19NO/c1-11-5-9-3-2-4-10(6-11)8-12-7-9/h9-10H,2-8H2,1H3. The maximum atomic E-state index is 5.66. The van der Waals surface area contributed by atoms with Gasteiger partial charge in [-0.3, -0.25) is 0 Å². The van der Waals surface area contributed by atoms with Gasteiger partial charge < -0.3 is 9.64 Å². The summed E-state index contributed by atoms with van der Waals surface area (Å²) >= 11 is 0. The van der Waals surface area contributed by atoms with Gasteiger partial charge in [-0.2, -0.15) is 0 Å². The van der Waals surface area contributed by atoms with Crippen LogP contribution in [0.2, 0.25) is 0 Å². The summed E-state index contributed by atoms with van der Waals surface area (Å²) in [5.41, 5.74) is 0. The molecule has 0 aromatic heterocycles. The number of fused-ring (bicyclic) bond motifs is 6. The van der Waals surface area contributed by atoms with E-state index in [0.29, 0.717) is 0 Å². The smallest absolute Gasteiger partial charge is 0.0506 e. The molecule has 0 saturated carbocycles. The molecule has 0 N–H and O–H groups in total. The molecule has 2 unspecified atom stereocenters. The lowest BCUT2D eigenvalue weighted by molar-refractivity contribution is 0.00639. The molecule has 2 bridgehead atoms. The van der Waals surface area contributed by atoms with Crippen LogP contribution < -0.4 is 0 Å². The fraction of sp³-hybridized carbons (Fsp3) is 1.00. The van der Waals surface area contributed by atoms with Gasteiger partial charge in [-0.15, -0.1) is 0 Å². The average Bonchev–Trinajstić information content (AvgIpc) is 1.91. The molecule has 70 valence electrons. The van der Waals surface area contributed by atoms with E-state index in [1.54, 1.807) is 0 Å². The molecule has 3 heterocycles. The van der Waals surface area contributed by atoms with Gasteiger partial charge in [0.1, 0.15) is 0 Å².